The van der Waals surface area contributed by atoms with E-state index < -0.39 is 0 Å². The van der Waals surface area contributed by atoms with E-state index in [2.05, 4.69) is 6.58 Å². The Hall–Kier alpha value is -1.74. The van der Waals surface area contributed by atoms with E-state index in [9.17, 15) is 0 Å². The van der Waals surface area contributed by atoms with Crippen molar-refractivity contribution in [2.45, 2.75) is 26.3 Å². The molecular weight excluding hydrogens is 224 g/mol. The highest BCUT2D eigenvalue weighted by molar-refractivity contribution is 5.44. The first-order chi connectivity index (χ1) is 8.52. The number of rotatable bonds is 6. The molecule has 0 fully saturated rings. The van der Waals surface area contributed by atoms with Gasteiger partial charge in [-0.2, -0.15) is 0 Å². The lowest BCUT2D eigenvalue weighted by atomic mass is 10.0. The minimum absolute atomic E-state index is 0.0514. The monoisotopic (exact) mass is 246 g/mol. The summed E-state index contributed by atoms with van der Waals surface area (Å²) >= 11 is 0. The number of anilines is 1. The van der Waals surface area contributed by atoms with Gasteiger partial charge in [0.2, 0.25) is 0 Å². The van der Waals surface area contributed by atoms with Gasteiger partial charge in [0.25, 0.3) is 0 Å². The van der Waals surface area contributed by atoms with Gasteiger partial charge in [0.05, 0.1) is 6.61 Å². The number of hydrogen-bond acceptors (Lipinski definition) is 3. The molecule has 1 rings (SSSR count). The van der Waals surface area contributed by atoms with Gasteiger partial charge in [0, 0.05) is 11.7 Å². The molecular formula is C15H22N2O. The molecule has 0 bridgehead atoms. The molecule has 1 atom stereocenters. The largest absolute Gasteiger partial charge is 0.495 e. The molecule has 0 amide bonds. The smallest absolute Gasteiger partial charge is 0.111 e. The molecule has 0 aliphatic carbocycles. The number of allylic oxidation sites excluding steroid dienone is 1. The molecule has 0 aliphatic rings. The Bertz CT molecular complexity index is 438. The van der Waals surface area contributed by atoms with Crippen LogP contribution in [0.2, 0.25) is 0 Å². The average molecular weight is 246 g/mol. The molecule has 0 radical (unpaired) electrons. The Labute approximate surface area is 109 Å². The molecule has 0 heterocycles. The summed E-state index contributed by atoms with van der Waals surface area (Å²) in [4.78, 5) is 0. The van der Waals surface area contributed by atoms with Gasteiger partial charge in [-0.1, -0.05) is 18.7 Å². The topological polar surface area (TPSA) is 61.3 Å². The van der Waals surface area contributed by atoms with Crippen molar-refractivity contribution < 1.29 is 4.74 Å². The molecule has 1 aromatic carbocycles. The van der Waals surface area contributed by atoms with Gasteiger partial charge in [0.15, 0.2) is 0 Å². The Balaban J connectivity index is 2.59. The van der Waals surface area contributed by atoms with Crippen molar-refractivity contribution >= 4 is 5.69 Å². The summed E-state index contributed by atoms with van der Waals surface area (Å²) < 4.78 is 5.23. The van der Waals surface area contributed by atoms with Crippen molar-refractivity contribution in [2.24, 2.45) is 5.73 Å². The molecule has 0 saturated carbocycles. The highest BCUT2D eigenvalue weighted by Gasteiger charge is 2.03. The van der Waals surface area contributed by atoms with Crippen LogP contribution in [0.15, 0.2) is 42.7 Å². The second-order valence-corrected chi connectivity index (χ2v) is 4.31. The summed E-state index contributed by atoms with van der Waals surface area (Å²) in [5, 5.41) is 0. The lowest BCUT2D eigenvalue weighted by Crippen LogP contribution is -2.20. The molecule has 0 spiro atoms. The minimum Gasteiger partial charge on any atom is -0.495 e. The van der Waals surface area contributed by atoms with Crippen LogP contribution in [0.3, 0.4) is 0 Å². The minimum atomic E-state index is -0.0514. The average Bonchev–Trinajstić information content (AvgIpc) is 2.31. The highest BCUT2D eigenvalue weighted by atomic mass is 16.5. The van der Waals surface area contributed by atoms with E-state index >= 15 is 0 Å². The van der Waals surface area contributed by atoms with Crippen molar-refractivity contribution in [3.63, 3.8) is 0 Å². The number of nitrogen functional groups attached to an aromatic ring is 1. The zero-order chi connectivity index (χ0) is 13.5. The first-order valence-corrected chi connectivity index (χ1v) is 6.13. The Morgan fingerprint density at radius 2 is 2.22 bits per heavy atom. The zero-order valence-electron chi connectivity index (χ0n) is 11.1. The molecule has 0 aliphatic heterocycles. The van der Waals surface area contributed by atoms with E-state index in [4.69, 9.17) is 16.2 Å². The van der Waals surface area contributed by atoms with Crippen LogP contribution in [0.4, 0.5) is 5.69 Å². The Morgan fingerprint density at radius 1 is 1.50 bits per heavy atom. The van der Waals surface area contributed by atoms with E-state index in [0.717, 1.165) is 12.1 Å². The van der Waals surface area contributed by atoms with Crippen LogP contribution in [0.1, 0.15) is 18.1 Å². The maximum absolute atomic E-state index is 6.04. The number of aryl methyl sites for hydroxylation is 1. The summed E-state index contributed by atoms with van der Waals surface area (Å²) in [6.45, 7) is 8.36. The third-order valence-electron chi connectivity index (χ3n) is 2.68. The second kappa shape index (κ2) is 6.87. The zero-order valence-corrected chi connectivity index (χ0v) is 11.1. The van der Waals surface area contributed by atoms with Crippen LogP contribution in [-0.4, -0.2) is 12.6 Å². The SMILES string of the molecule is C=C(/C=C\C(N)Cc1ccc(N)cc1C)OCC. The van der Waals surface area contributed by atoms with Crippen molar-refractivity contribution in [1.82, 2.24) is 0 Å². The fourth-order valence-electron chi connectivity index (χ4n) is 1.73. The predicted octanol–water partition coefficient (Wildman–Crippen LogP) is 2.55. The van der Waals surface area contributed by atoms with Crippen molar-refractivity contribution in [3.05, 3.63) is 53.8 Å². The second-order valence-electron chi connectivity index (χ2n) is 4.31. The lowest BCUT2D eigenvalue weighted by Gasteiger charge is -2.10. The van der Waals surface area contributed by atoms with Crippen LogP contribution < -0.4 is 11.5 Å². The molecule has 1 unspecified atom stereocenters. The van der Waals surface area contributed by atoms with Gasteiger partial charge >= 0.3 is 0 Å². The quantitative estimate of drug-likeness (QED) is 0.460. The van der Waals surface area contributed by atoms with Gasteiger partial charge < -0.3 is 16.2 Å². The molecule has 3 heteroatoms. The number of benzene rings is 1. The van der Waals surface area contributed by atoms with Gasteiger partial charge in [-0.3, -0.25) is 0 Å². The maximum atomic E-state index is 6.04. The lowest BCUT2D eigenvalue weighted by molar-refractivity contribution is 0.244. The summed E-state index contributed by atoms with van der Waals surface area (Å²) in [6.07, 6.45) is 4.51. The van der Waals surface area contributed by atoms with E-state index in [0.29, 0.717) is 12.4 Å². The molecule has 98 valence electrons. The fraction of sp³-hybridized carbons (Fsp3) is 0.333. The van der Waals surface area contributed by atoms with Gasteiger partial charge in [-0.05, 0) is 49.6 Å². The van der Waals surface area contributed by atoms with Crippen LogP contribution in [0, 0.1) is 6.92 Å². The van der Waals surface area contributed by atoms with E-state index in [1.54, 1.807) is 0 Å². The Kier molecular flexibility index (Phi) is 5.46. The summed E-state index contributed by atoms with van der Waals surface area (Å²) in [7, 11) is 0. The third-order valence-corrected chi connectivity index (χ3v) is 2.68. The third kappa shape index (κ3) is 4.63. The molecule has 3 nitrogen and oxygen atoms in total. The standard InChI is InChI=1S/C15H22N2O/c1-4-18-12(3)5-7-15(17)10-13-6-8-14(16)9-11(13)2/h5-9,15H,3-4,10,16-17H2,1-2H3/b7-5-. The summed E-state index contributed by atoms with van der Waals surface area (Å²) in [5.74, 6) is 0.641. The molecule has 0 aromatic heterocycles. The van der Waals surface area contributed by atoms with Crippen LogP contribution in [0.5, 0.6) is 0 Å². The fourth-order valence-corrected chi connectivity index (χ4v) is 1.73. The molecule has 1 aromatic rings. The molecule has 18 heavy (non-hydrogen) atoms. The van der Waals surface area contributed by atoms with Crippen LogP contribution in [-0.2, 0) is 11.2 Å². The van der Waals surface area contributed by atoms with Crippen molar-refractivity contribution in [3.8, 4) is 0 Å². The number of nitrogens with two attached hydrogens (primary N) is 2. The maximum Gasteiger partial charge on any atom is 0.111 e. The summed E-state index contributed by atoms with van der Waals surface area (Å²) in [5.41, 5.74) is 14.9. The predicted molar refractivity (Wildman–Crippen MR) is 77.2 cm³/mol. The van der Waals surface area contributed by atoms with Gasteiger partial charge in [0.1, 0.15) is 5.76 Å². The summed E-state index contributed by atoms with van der Waals surface area (Å²) in [6, 6.07) is 5.84. The van der Waals surface area contributed by atoms with E-state index in [1.807, 2.05) is 44.2 Å². The van der Waals surface area contributed by atoms with Crippen LogP contribution >= 0.6 is 0 Å². The first-order valence-electron chi connectivity index (χ1n) is 6.13. The molecule has 0 saturated heterocycles. The first kappa shape index (κ1) is 14.3. The van der Waals surface area contributed by atoms with Crippen LogP contribution in [0.25, 0.3) is 0 Å². The van der Waals surface area contributed by atoms with E-state index in [1.165, 1.54) is 11.1 Å². The normalized spacial score (nSPS) is 12.6. The number of hydrogen-bond donors (Lipinski definition) is 2. The number of ether oxygens (including phenoxy) is 1. The van der Waals surface area contributed by atoms with Gasteiger partial charge in [-0.25, -0.2) is 0 Å². The van der Waals surface area contributed by atoms with E-state index in [-0.39, 0.29) is 6.04 Å². The Morgan fingerprint density at radius 3 is 2.83 bits per heavy atom. The van der Waals surface area contributed by atoms with Crippen molar-refractivity contribution in [1.29, 1.82) is 0 Å². The molecule has 4 N–H and O–H groups in total. The van der Waals surface area contributed by atoms with Crippen molar-refractivity contribution in [2.75, 3.05) is 12.3 Å². The highest BCUT2D eigenvalue weighted by Crippen LogP contribution is 2.14. The van der Waals surface area contributed by atoms with Gasteiger partial charge in [-0.15, -0.1) is 0 Å².